The van der Waals surface area contributed by atoms with Gasteiger partial charge >= 0.3 is 0 Å². The number of hydrogen-bond donors (Lipinski definition) is 9. The van der Waals surface area contributed by atoms with Gasteiger partial charge in [0, 0.05) is 39.1 Å². The molecule has 0 unspecified atom stereocenters. The summed E-state index contributed by atoms with van der Waals surface area (Å²) in [6, 6.07) is 9.76. The quantitative estimate of drug-likeness (QED) is 0.0791. The highest BCUT2D eigenvalue weighted by Crippen LogP contribution is 2.20. The molecule has 2 heterocycles. The van der Waals surface area contributed by atoms with Crippen LogP contribution in [-0.2, 0) is 41.6 Å². The smallest absolute Gasteiger partial charge is 0.251 e. The molecule has 0 aliphatic carbocycles. The number of nitrogens with one attached hydrogen (secondary N) is 5. The molecule has 17 heteroatoms. The highest BCUT2D eigenvalue weighted by molar-refractivity contribution is 5.95. The van der Waals surface area contributed by atoms with Crippen LogP contribution in [-0.4, -0.2) is 112 Å². The molecule has 2 aliphatic rings. The van der Waals surface area contributed by atoms with Crippen LogP contribution in [0, 0.1) is 0 Å². The zero-order valence-corrected chi connectivity index (χ0v) is 30.1. The molecule has 1 fully saturated rings. The Hall–Kier alpha value is -5.97. The third-order valence-electron chi connectivity index (χ3n) is 9.05. The number of aromatic hydroxyl groups is 1. The third kappa shape index (κ3) is 12.3. The van der Waals surface area contributed by atoms with Crippen LogP contribution in [0.25, 0.3) is 0 Å². The number of nitrogens with zero attached hydrogens (tertiary/aromatic N) is 2. The van der Waals surface area contributed by atoms with E-state index >= 15 is 0 Å². The van der Waals surface area contributed by atoms with Crippen LogP contribution in [0.15, 0.2) is 71.7 Å². The lowest BCUT2D eigenvalue weighted by Gasteiger charge is -2.31. The van der Waals surface area contributed by atoms with Crippen molar-refractivity contribution in [3.8, 4) is 5.75 Å². The van der Waals surface area contributed by atoms with E-state index in [1.165, 1.54) is 36.1 Å². The molecule has 290 valence electrons. The largest absolute Gasteiger partial charge is 0.508 e. The molecule has 4 rings (SSSR count). The zero-order valence-electron chi connectivity index (χ0n) is 30.1. The molecule has 0 spiro atoms. The van der Waals surface area contributed by atoms with Crippen LogP contribution in [0.5, 0.6) is 5.75 Å². The maximum atomic E-state index is 14.0. The zero-order chi connectivity index (χ0) is 39.2. The average Bonchev–Trinajstić information content (AvgIpc) is 3.64. The van der Waals surface area contributed by atoms with Gasteiger partial charge in [0.2, 0.25) is 29.5 Å². The molecule has 2 aromatic rings. The second-order valence-electron chi connectivity index (χ2n) is 13.3. The van der Waals surface area contributed by atoms with E-state index in [4.69, 9.17) is 11.5 Å². The first-order chi connectivity index (χ1) is 25.8. The fourth-order valence-corrected chi connectivity index (χ4v) is 6.36. The monoisotopic (exact) mass is 747 g/mol. The van der Waals surface area contributed by atoms with Gasteiger partial charge in [0.25, 0.3) is 5.91 Å². The number of phenolic OH excluding ortho intramolecular Hbond substituents is 1. The number of nitrogens with two attached hydrogens (primary N) is 2. The van der Waals surface area contributed by atoms with Crippen molar-refractivity contribution < 1.29 is 39.0 Å². The Kier molecular flexibility index (Phi) is 14.9. The van der Waals surface area contributed by atoms with Gasteiger partial charge in [0.1, 0.15) is 23.9 Å². The van der Waals surface area contributed by atoms with E-state index in [9.17, 15) is 39.0 Å². The van der Waals surface area contributed by atoms with E-state index in [0.717, 1.165) is 0 Å². The summed E-state index contributed by atoms with van der Waals surface area (Å²) < 4.78 is 0. The van der Waals surface area contributed by atoms with Crippen molar-refractivity contribution in [2.24, 2.45) is 16.5 Å². The van der Waals surface area contributed by atoms with Crippen molar-refractivity contribution >= 4 is 41.4 Å². The van der Waals surface area contributed by atoms with Crippen LogP contribution in [0.4, 0.5) is 0 Å². The summed E-state index contributed by atoms with van der Waals surface area (Å²) in [5, 5.41) is 34.6. The Morgan fingerprint density at radius 1 is 0.926 bits per heavy atom. The molecule has 6 amide bonds. The van der Waals surface area contributed by atoms with Gasteiger partial charge in [-0.25, -0.2) is 0 Å². The van der Waals surface area contributed by atoms with Crippen molar-refractivity contribution in [2.75, 3.05) is 19.6 Å². The summed E-state index contributed by atoms with van der Waals surface area (Å²) in [7, 11) is 0. The number of aliphatic imine (C=N–C) groups is 1. The second-order valence-corrected chi connectivity index (χ2v) is 13.3. The van der Waals surface area contributed by atoms with Crippen LogP contribution >= 0.6 is 0 Å². The van der Waals surface area contributed by atoms with Crippen LogP contribution in [0.1, 0.15) is 43.7 Å². The number of rotatable bonds is 9. The first-order valence-corrected chi connectivity index (χ1v) is 17.8. The second kappa shape index (κ2) is 19.8. The maximum absolute atomic E-state index is 14.0. The van der Waals surface area contributed by atoms with E-state index < -0.39 is 71.8 Å². The molecule has 54 heavy (non-hydrogen) atoms. The molecule has 2 aliphatic heterocycles. The van der Waals surface area contributed by atoms with E-state index in [-0.39, 0.29) is 63.4 Å². The van der Waals surface area contributed by atoms with Gasteiger partial charge in [-0.15, -0.1) is 0 Å². The predicted octanol–water partition coefficient (Wildman–Crippen LogP) is -1.77. The first-order valence-electron chi connectivity index (χ1n) is 17.8. The lowest BCUT2D eigenvalue weighted by Crippen LogP contribution is -2.59. The SMILES string of the molecule is CC(=O)N[C@H]1CNC(=O)/C=C/[C@H](Cc2ccc(O)cc2)NC(=O)[C@@H](Cc2ccccc2)NC(=O)[C@@H](O)[C@H](CCCN=C(N)N)NC(=O)[C@@H]2CCCN2C1=O. The molecule has 0 bridgehead atoms. The number of fused-ring (bicyclic) bond motifs is 1. The number of benzene rings is 2. The van der Waals surface area contributed by atoms with Crippen molar-refractivity contribution in [1.29, 1.82) is 0 Å². The van der Waals surface area contributed by atoms with Gasteiger partial charge < -0.3 is 53.2 Å². The molecule has 17 nitrogen and oxygen atoms in total. The molecule has 2 aromatic carbocycles. The minimum Gasteiger partial charge on any atom is -0.508 e. The number of guanidine groups is 1. The first kappa shape index (κ1) is 40.8. The number of aliphatic hydroxyl groups is 1. The van der Waals surface area contributed by atoms with Crippen LogP contribution in [0.3, 0.4) is 0 Å². The van der Waals surface area contributed by atoms with E-state index in [1.807, 2.05) is 0 Å². The Bertz CT molecular complexity index is 1700. The number of carbonyl (C=O) groups excluding carboxylic acids is 6. The van der Waals surface area contributed by atoms with Gasteiger partial charge in [0.05, 0.1) is 12.1 Å². The number of carbonyl (C=O) groups is 6. The summed E-state index contributed by atoms with van der Waals surface area (Å²) in [6.07, 6.45) is 2.04. The van der Waals surface area contributed by atoms with Gasteiger partial charge in [-0.3, -0.25) is 33.8 Å². The van der Waals surface area contributed by atoms with Gasteiger partial charge in [0.15, 0.2) is 12.1 Å². The Morgan fingerprint density at radius 3 is 2.31 bits per heavy atom. The van der Waals surface area contributed by atoms with Crippen molar-refractivity contribution in [3.05, 3.63) is 77.9 Å². The molecular weight excluding hydrogens is 698 g/mol. The number of phenols is 1. The third-order valence-corrected chi connectivity index (χ3v) is 9.05. The number of hydrogen-bond acceptors (Lipinski definition) is 9. The number of amides is 6. The Labute approximate surface area is 313 Å². The molecular formula is C37H49N9O8. The summed E-state index contributed by atoms with van der Waals surface area (Å²) in [5.41, 5.74) is 12.3. The van der Waals surface area contributed by atoms with Crippen molar-refractivity contribution in [1.82, 2.24) is 31.5 Å². The molecule has 0 saturated carbocycles. The Balaban J connectivity index is 1.72. The topological polar surface area (TPSA) is 271 Å². The lowest BCUT2D eigenvalue weighted by molar-refractivity contribution is -0.142. The molecule has 1 saturated heterocycles. The number of aliphatic hydroxyl groups excluding tert-OH is 1. The summed E-state index contributed by atoms with van der Waals surface area (Å²) in [4.78, 5) is 85.7. The van der Waals surface area contributed by atoms with Crippen LogP contribution < -0.4 is 38.1 Å². The highest BCUT2D eigenvalue weighted by Gasteiger charge is 2.40. The summed E-state index contributed by atoms with van der Waals surface area (Å²) in [6.45, 7) is 1.24. The maximum Gasteiger partial charge on any atom is 0.251 e. The standard InChI is InChI=1S/C37H49N9O8/c1-22(47)42-29-21-41-31(49)16-13-25(19-24-11-14-26(48)15-12-24)43-33(51)28(20-23-7-3-2-4-8-23)45-35(53)32(50)27(9-5-17-40-37(38)39)44-34(52)30-10-6-18-46(30)36(29)54/h2-4,7-8,11-16,25,27-30,32,48,50H,5-6,9-10,17-21H2,1H3,(H,41,49)(H,42,47)(H,43,51)(H,44,52)(H,45,53)(H4,38,39,40)/b16-13+/t25-,27+,28-,29+,30+,32+/m1/s1. The summed E-state index contributed by atoms with van der Waals surface area (Å²) >= 11 is 0. The molecule has 6 atom stereocenters. The fourth-order valence-electron chi connectivity index (χ4n) is 6.36. The van der Waals surface area contributed by atoms with Crippen LogP contribution in [0.2, 0.25) is 0 Å². The van der Waals surface area contributed by atoms with Gasteiger partial charge in [-0.1, -0.05) is 48.5 Å². The van der Waals surface area contributed by atoms with Crippen molar-refractivity contribution in [2.45, 2.75) is 81.8 Å². The fraction of sp³-hybridized carbons (Fsp3) is 0.432. The molecule has 11 N–H and O–H groups in total. The normalized spacial score (nSPS) is 25.0. The molecule has 0 aromatic heterocycles. The average molecular weight is 748 g/mol. The lowest BCUT2D eigenvalue weighted by atomic mass is 10.0. The minimum atomic E-state index is -1.84. The van der Waals surface area contributed by atoms with E-state index in [2.05, 4.69) is 31.6 Å². The summed E-state index contributed by atoms with van der Waals surface area (Å²) in [5.74, 6) is -4.09. The van der Waals surface area contributed by atoms with E-state index in [0.29, 0.717) is 17.5 Å². The Morgan fingerprint density at radius 2 is 1.63 bits per heavy atom. The molecule has 0 radical (unpaired) electrons. The van der Waals surface area contributed by atoms with E-state index in [1.54, 1.807) is 42.5 Å². The van der Waals surface area contributed by atoms with Gasteiger partial charge in [-0.05, 0) is 55.4 Å². The minimum absolute atomic E-state index is 0.0342. The van der Waals surface area contributed by atoms with Gasteiger partial charge in [-0.2, -0.15) is 0 Å². The highest BCUT2D eigenvalue weighted by atomic mass is 16.3. The van der Waals surface area contributed by atoms with Crippen molar-refractivity contribution in [3.63, 3.8) is 0 Å². The predicted molar refractivity (Wildman–Crippen MR) is 198 cm³/mol.